The minimum atomic E-state index is -0.494. The molecule has 1 saturated heterocycles. The van der Waals surface area contributed by atoms with E-state index in [0.29, 0.717) is 23.4 Å². The van der Waals surface area contributed by atoms with Crippen LogP contribution in [0.2, 0.25) is 0 Å². The molecule has 0 bridgehead atoms. The summed E-state index contributed by atoms with van der Waals surface area (Å²) in [5, 5.41) is 14.2. The van der Waals surface area contributed by atoms with E-state index >= 15 is 0 Å². The predicted molar refractivity (Wildman–Crippen MR) is 90.4 cm³/mol. The summed E-state index contributed by atoms with van der Waals surface area (Å²) >= 11 is 0. The molecule has 1 aliphatic rings. The zero-order valence-electron chi connectivity index (χ0n) is 13.1. The quantitative estimate of drug-likeness (QED) is 0.500. The van der Waals surface area contributed by atoms with E-state index in [4.69, 9.17) is 4.74 Å². The van der Waals surface area contributed by atoms with E-state index < -0.39 is 4.92 Å². The number of anilines is 1. The maximum atomic E-state index is 12.7. The first-order chi connectivity index (χ1) is 11.6. The fourth-order valence-corrected chi connectivity index (χ4v) is 2.76. The maximum Gasteiger partial charge on any atom is 0.270 e. The lowest BCUT2D eigenvalue weighted by Crippen LogP contribution is -2.20. The highest BCUT2D eigenvalue weighted by Gasteiger charge is 2.20. The minimum Gasteiger partial charge on any atom is -0.382 e. The first kappa shape index (κ1) is 16.1. The molecule has 0 saturated carbocycles. The predicted octanol–water partition coefficient (Wildman–Crippen LogP) is 3.42. The summed E-state index contributed by atoms with van der Waals surface area (Å²) in [6, 6.07) is 13.1. The molecule has 1 aliphatic heterocycles. The molecule has 2 aromatic carbocycles. The monoisotopic (exact) mass is 326 g/mol. The third-order valence-corrected chi connectivity index (χ3v) is 4.04. The molecule has 124 valence electrons. The number of non-ortho nitro benzene ring substituents is 1. The SMILES string of the molecule is O=C(c1ccccc1)c1cc([N+](=O)[O-])ccc1NCC1CCCO1. The van der Waals surface area contributed by atoms with Crippen LogP contribution >= 0.6 is 0 Å². The highest BCUT2D eigenvalue weighted by atomic mass is 16.6. The van der Waals surface area contributed by atoms with E-state index in [0.717, 1.165) is 19.4 Å². The Morgan fingerprint density at radius 1 is 1.25 bits per heavy atom. The standard InChI is InChI=1S/C18H18N2O4/c21-18(13-5-2-1-3-6-13)16-11-14(20(22)23)8-9-17(16)19-12-15-7-4-10-24-15/h1-3,5-6,8-9,11,15,19H,4,7,10,12H2. The van der Waals surface area contributed by atoms with Crippen molar-refractivity contribution in [2.75, 3.05) is 18.5 Å². The highest BCUT2D eigenvalue weighted by molar-refractivity contribution is 6.12. The third-order valence-electron chi connectivity index (χ3n) is 4.04. The number of benzene rings is 2. The lowest BCUT2D eigenvalue weighted by atomic mass is 10.0. The van der Waals surface area contributed by atoms with Gasteiger partial charge in [-0.05, 0) is 18.9 Å². The van der Waals surface area contributed by atoms with Crippen LogP contribution in [-0.2, 0) is 4.74 Å². The Balaban J connectivity index is 1.89. The number of ether oxygens (including phenoxy) is 1. The van der Waals surface area contributed by atoms with Crippen molar-refractivity contribution >= 4 is 17.2 Å². The van der Waals surface area contributed by atoms with Crippen molar-refractivity contribution in [1.29, 1.82) is 0 Å². The van der Waals surface area contributed by atoms with Gasteiger partial charge in [-0.1, -0.05) is 30.3 Å². The van der Waals surface area contributed by atoms with Gasteiger partial charge in [0.15, 0.2) is 5.78 Å². The van der Waals surface area contributed by atoms with Crippen LogP contribution in [0.25, 0.3) is 0 Å². The fraction of sp³-hybridized carbons (Fsp3) is 0.278. The van der Waals surface area contributed by atoms with E-state index in [-0.39, 0.29) is 17.6 Å². The average Bonchev–Trinajstić information content (AvgIpc) is 3.13. The third kappa shape index (κ3) is 3.60. The van der Waals surface area contributed by atoms with Crippen LogP contribution in [0.1, 0.15) is 28.8 Å². The summed E-state index contributed by atoms with van der Waals surface area (Å²) in [6.07, 6.45) is 2.12. The van der Waals surface area contributed by atoms with Crippen LogP contribution in [0.5, 0.6) is 0 Å². The maximum absolute atomic E-state index is 12.7. The molecule has 1 N–H and O–H groups in total. The van der Waals surface area contributed by atoms with E-state index in [1.54, 1.807) is 30.3 Å². The van der Waals surface area contributed by atoms with Crippen LogP contribution in [0.4, 0.5) is 11.4 Å². The molecule has 6 nitrogen and oxygen atoms in total. The number of nitro benzene ring substituents is 1. The van der Waals surface area contributed by atoms with Crippen molar-refractivity contribution in [3.8, 4) is 0 Å². The Labute approximate surface area is 139 Å². The van der Waals surface area contributed by atoms with E-state index in [1.165, 1.54) is 12.1 Å². The first-order valence-electron chi connectivity index (χ1n) is 7.89. The zero-order chi connectivity index (χ0) is 16.9. The summed E-state index contributed by atoms with van der Waals surface area (Å²) in [5.41, 5.74) is 1.29. The van der Waals surface area contributed by atoms with Crippen molar-refractivity contribution in [3.63, 3.8) is 0 Å². The molecule has 2 aromatic rings. The molecule has 0 amide bonds. The second-order valence-corrected chi connectivity index (χ2v) is 5.70. The van der Waals surface area contributed by atoms with Gasteiger partial charge >= 0.3 is 0 Å². The van der Waals surface area contributed by atoms with Crippen molar-refractivity contribution in [3.05, 3.63) is 69.8 Å². The van der Waals surface area contributed by atoms with Crippen molar-refractivity contribution < 1.29 is 14.5 Å². The van der Waals surface area contributed by atoms with Gasteiger partial charge in [-0.3, -0.25) is 14.9 Å². The molecule has 1 heterocycles. The number of hydrogen-bond acceptors (Lipinski definition) is 5. The summed E-state index contributed by atoms with van der Waals surface area (Å²) in [7, 11) is 0. The van der Waals surface area contributed by atoms with E-state index in [9.17, 15) is 14.9 Å². The second-order valence-electron chi connectivity index (χ2n) is 5.70. The van der Waals surface area contributed by atoms with E-state index in [1.807, 2.05) is 6.07 Å². The Hall–Kier alpha value is -2.73. The highest BCUT2D eigenvalue weighted by Crippen LogP contribution is 2.25. The molecule has 24 heavy (non-hydrogen) atoms. The molecular formula is C18H18N2O4. The number of rotatable bonds is 6. The fourth-order valence-electron chi connectivity index (χ4n) is 2.76. The molecule has 0 aliphatic carbocycles. The van der Waals surface area contributed by atoms with Gasteiger partial charge in [0.05, 0.1) is 16.6 Å². The van der Waals surface area contributed by atoms with Gasteiger partial charge in [0, 0.05) is 36.5 Å². The van der Waals surface area contributed by atoms with Gasteiger partial charge in [0.1, 0.15) is 0 Å². The van der Waals surface area contributed by atoms with Gasteiger partial charge in [-0.15, -0.1) is 0 Å². The Morgan fingerprint density at radius 2 is 2.04 bits per heavy atom. The number of carbonyl (C=O) groups is 1. The lowest BCUT2D eigenvalue weighted by Gasteiger charge is -2.15. The number of hydrogen-bond donors (Lipinski definition) is 1. The van der Waals surface area contributed by atoms with E-state index in [2.05, 4.69) is 5.32 Å². The lowest BCUT2D eigenvalue weighted by molar-refractivity contribution is -0.384. The zero-order valence-corrected chi connectivity index (χ0v) is 13.1. The van der Waals surface area contributed by atoms with Crippen molar-refractivity contribution in [2.24, 2.45) is 0 Å². The number of nitrogens with one attached hydrogen (secondary N) is 1. The average molecular weight is 326 g/mol. The summed E-state index contributed by atoms with van der Waals surface area (Å²) in [5.74, 6) is -0.242. The summed E-state index contributed by atoms with van der Waals surface area (Å²) in [6.45, 7) is 1.33. The molecule has 0 aromatic heterocycles. The van der Waals surface area contributed by atoms with Crippen LogP contribution in [-0.4, -0.2) is 30.0 Å². The van der Waals surface area contributed by atoms with Gasteiger partial charge in [0.2, 0.25) is 0 Å². The summed E-state index contributed by atoms with van der Waals surface area (Å²) < 4.78 is 5.57. The van der Waals surface area contributed by atoms with Crippen molar-refractivity contribution in [1.82, 2.24) is 0 Å². The smallest absolute Gasteiger partial charge is 0.270 e. The number of ketones is 1. The number of nitro groups is 1. The van der Waals surface area contributed by atoms with Gasteiger partial charge in [-0.25, -0.2) is 0 Å². The van der Waals surface area contributed by atoms with Crippen LogP contribution in [0.15, 0.2) is 48.5 Å². The van der Waals surface area contributed by atoms with Crippen molar-refractivity contribution in [2.45, 2.75) is 18.9 Å². The molecule has 1 atom stereocenters. The van der Waals surface area contributed by atoms with Crippen LogP contribution in [0, 0.1) is 10.1 Å². The number of carbonyl (C=O) groups excluding carboxylic acids is 1. The molecule has 3 rings (SSSR count). The molecular weight excluding hydrogens is 308 g/mol. The second kappa shape index (κ2) is 7.23. The van der Waals surface area contributed by atoms with Gasteiger partial charge in [-0.2, -0.15) is 0 Å². The molecule has 6 heteroatoms. The Bertz CT molecular complexity index is 740. The molecule has 1 fully saturated rings. The van der Waals surface area contributed by atoms with Crippen LogP contribution < -0.4 is 5.32 Å². The number of nitrogens with zero attached hydrogens (tertiary/aromatic N) is 1. The van der Waals surface area contributed by atoms with Gasteiger partial charge < -0.3 is 10.1 Å². The molecule has 0 radical (unpaired) electrons. The Kier molecular flexibility index (Phi) is 4.86. The first-order valence-corrected chi connectivity index (χ1v) is 7.89. The normalized spacial score (nSPS) is 16.8. The molecule has 1 unspecified atom stereocenters. The topological polar surface area (TPSA) is 81.5 Å². The van der Waals surface area contributed by atoms with Crippen LogP contribution in [0.3, 0.4) is 0 Å². The largest absolute Gasteiger partial charge is 0.382 e. The minimum absolute atomic E-state index is 0.100. The van der Waals surface area contributed by atoms with Gasteiger partial charge in [0.25, 0.3) is 5.69 Å². The summed E-state index contributed by atoms with van der Waals surface area (Å²) in [4.78, 5) is 23.3. The Morgan fingerprint density at radius 3 is 2.71 bits per heavy atom. The molecule has 0 spiro atoms.